The number of sulfonamides is 1. The van der Waals surface area contributed by atoms with Crippen molar-refractivity contribution in [2.75, 3.05) is 11.8 Å². The van der Waals surface area contributed by atoms with Crippen LogP contribution in [-0.2, 0) is 19.6 Å². The second kappa shape index (κ2) is 5.74. The maximum absolute atomic E-state index is 12.7. The van der Waals surface area contributed by atoms with E-state index in [2.05, 4.69) is 14.4 Å². The summed E-state index contributed by atoms with van der Waals surface area (Å²) in [7, 11) is -2.51. The average molecular weight is 302 g/mol. The van der Waals surface area contributed by atoms with Crippen LogP contribution < -0.4 is 4.72 Å². The van der Waals surface area contributed by atoms with Gasteiger partial charge in [0.15, 0.2) is 0 Å². The number of hydrogen-bond donors (Lipinski definition) is 1. The fraction of sp³-hybridized carbons (Fsp3) is 0.500. The molecule has 110 valence electrons. The highest BCUT2D eigenvalue weighted by molar-refractivity contribution is 7.93. The zero-order valence-corrected chi connectivity index (χ0v) is 11.7. The highest BCUT2D eigenvalue weighted by Gasteiger charge is 2.42. The molecule has 1 aliphatic rings. The highest BCUT2D eigenvalue weighted by Crippen LogP contribution is 2.32. The standard InChI is InChI=1S/C12H15FN2O4S/c1-19-12(16)9-3-2-4-10(9)20(17,18)15-8-5-6-11(13)14-7-8/h5-7,9-10,15H,2-4H2,1H3. The van der Waals surface area contributed by atoms with Gasteiger partial charge in [-0.2, -0.15) is 4.39 Å². The molecular weight excluding hydrogens is 287 g/mol. The molecule has 0 bridgehead atoms. The van der Waals surface area contributed by atoms with Crippen LogP contribution in [0.4, 0.5) is 10.1 Å². The van der Waals surface area contributed by atoms with Crippen LogP contribution in [0.25, 0.3) is 0 Å². The molecule has 8 heteroatoms. The maximum atomic E-state index is 12.7. The van der Waals surface area contributed by atoms with Gasteiger partial charge < -0.3 is 4.74 Å². The van der Waals surface area contributed by atoms with Crippen molar-refractivity contribution in [1.29, 1.82) is 0 Å². The van der Waals surface area contributed by atoms with E-state index in [1.807, 2.05) is 0 Å². The minimum atomic E-state index is -3.74. The van der Waals surface area contributed by atoms with Crippen molar-refractivity contribution in [1.82, 2.24) is 4.98 Å². The normalized spacial score (nSPS) is 22.5. The Bertz CT molecular complexity index is 588. The van der Waals surface area contributed by atoms with E-state index in [-0.39, 0.29) is 5.69 Å². The molecule has 0 spiro atoms. The van der Waals surface area contributed by atoms with Gasteiger partial charge in [-0.1, -0.05) is 6.42 Å². The molecule has 1 fully saturated rings. The molecule has 20 heavy (non-hydrogen) atoms. The Morgan fingerprint density at radius 3 is 2.80 bits per heavy atom. The predicted molar refractivity (Wildman–Crippen MR) is 69.9 cm³/mol. The third-order valence-corrected chi connectivity index (χ3v) is 5.22. The fourth-order valence-electron chi connectivity index (χ4n) is 2.39. The Labute approximate surface area is 116 Å². The fourth-order valence-corrected chi connectivity index (χ4v) is 4.15. The van der Waals surface area contributed by atoms with Crippen molar-refractivity contribution >= 4 is 21.7 Å². The quantitative estimate of drug-likeness (QED) is 0.669. The van der Waals surface area contributed by atoms with E-state index in [9.17, 15) is 17.6 Å². The number of rotatable bonds is 4. The number of carbonyl (C=O) groups excluding carboxylic acids is 1. The number of nitrogens with zero attached hydrogens (tertiary/aromatic N) is 1. The molecule has 1 saturated carbocycles. The third-order valence-electron chi connectivity index (χ3n) is 3.34. The molecule has 1 N–H and O–H groups in total. The van der Waals surface area contributed by atoms with Crippen LogP contribution in [0.2, 0.25) is 0 Å². The van der Waals surface area contributed by atoms with Gasteiger partial charge in [0.1, 0.15) is 0 Å². The lowest BCUT2D eigenvalue weighted by Gasteiger charge is -2.18. The van der Waals surface area contributed by atoms with Gasteiger partial charge in [0.2, 0.25) is 16.0 Å². The van der Waals surface area contributed by atoms with E-state index in [4.69, 9.17) is 0 Å². The van der Waals surface area contributed by atoms with Gasteiger partial charge in [-0.15, -0.1) is 0 Å². The summed E-state index contributed by atoms with van der Waals surface area (Å²) in [6, 6.07) is 2.34. The summed E-state index contributed by atoms with van der Waals surface area (Å²) < 4.78 is 44.2. The first-order chi connectivity index (χ1) is 9.44. The van der Waals surface area contributed by atoms with Crippen LogP contribution in [0.1, 0.15) is 19.3 Å². The number of halogens is 1. The van der Waals surface area contributed by atoms with Gasteiger partial charge in [-0.05, 0) is 25.0 Å². The van der Waals surface area contributed by atoms with Gasteiger partial charge in [-0.25, -0.2) is 13.4 Å². The Morgan fingerprint density at radius 1 is 1.45 bits per heavy atom. The number of esters is 1. The summed E-state index contributed by atoms with van der Waals surface area (Å²) >= 11 is 0. The minimum Gasteiger partial charge on any atom is -0.469 e. The first kappa shape index (κ1) is 14.7. The second-order valence-electron chi connectivity index (χ2n) is 4.62. The summed E-state index contributed by atoms with van der Waals surface area (Å²) in [4.78, 5) is 15.0. The topological polar surface area (TPSA) is 85.4 Å². The Hall–Kier alpha value is -1.70. The van der Waals surface area contributed by atoms with E-state index in [1.165, 1.54) is 13.2 Å². The molecule has 2 atom stereocenters. The van der Waals surface area contributed by atoms with Gasteiger partial charge >= 0.3 is 5.97 Å². The zero-order chi connectivity index (χ0) is 14.8. The van der Waals surface area contributed by atoms with Crippen LogP contribution >= 0.6 is 0 Å². The predicted octanol–water partition coefficient (Wildman–Crippen LogP) is 1.30. The van der Waals surface area contributed by atoms with Crippen LogP contribution in [0, 0.1) is 11.9 Å². The largest absolute Gasteiger partial charge is 0.469 e. The van der Waals surface area contributed by atoms with Crippen molar-refractivity contribution < 1.29 is 22.3 Å². The molecule has 0 aliphatic heterocycles. The Kier molecular flexibility index (Phi) is 4.22. The number of methoxy groups -OCH3 is 1. The summed E-state index contributed by atoms with van der Waals surface area (Å²) in [5, 5.41) is -0.833. The molecule has 2 rings (SSSR count). The van der Waals surface area contributed by atoms with Crippen molar-refractivity contribution in [3.63, 3.8) is 0 Å². The molecule has 0 radical (unpaired) electrons. The monoisotopic (exact) mass is 302 g/mol. The lowest BCUT2D eigenvalue weighted by Crippen LogP contribution is -2.35. The van der Waals surface area contributed by atoms with Crippen molar-refractivity contribution in [3.8, 4) is 0 Å². The van der Waals surface area contributed by atoms with Crippen LogP contribution in [0.5, 0.6) is 0 Å². The maximum Gasteiger partial charge on any atom is 0.310 e. The number of nitrogens with one attached hydrogen (secondary N) is 1. The third kappa shape index (κ3) is 3.06. The molecule has 1 aromatic rings. The van der Waals surface area contributed by atoms with E-state index in [1.54, 1.807) is 0 Å². The number of anilines is 1. The van der Waals surface area contributed by atoms with E-state index in [0.717, 1.165) is 12.3 Å². The zero-order valence-electron chi connectivity index (χ0n) is 10.9. The molecule has 0 aromatic carbocycles. The molecular formula is C12H15FN2O4S. The van der Waals surface area contributed by atoms with Crippen molar-refractivity contribution in [2.24, 2.45) is 5.92 Å². The Balaban J connectivity index is 2.17. The first-order valence-corrected chi connectivity index (χ1v) is 7.69. The molecule has 2 unspecified atom stereocenters. The van der Waals surface area contributed by atoms with Gasteiger partial charge in [0.25, 0.3) is 0 Å². The summed E-state index contributed by atoms with van der Waals surface area (Å²) in [5.41, 5.74) is 0.168. The number of ether oxygens (including phenoxy) is 1. The van der Waals surface area contributed by atoms with Crippen LogP contribution in [0.15, 0.2) is 18.3 Å². The lowest BCUT2D eigenvalue weighted by atomic mass is 10.1. The second-order valence-corrected chi connectivity index (χ2v) is 6.52. The van der Waals surface area contributed by atoms with Gasteiger partial charge in [0.05, 0.1) is 30.2 Å². The molecule has 0 amide bonds. The van der Waals surface area contributed by atoms with E-state index >= 15 is 0 Å². The van der Waals surface area contributed by atoms with Crippen molar-refractivity contribution in [2.45, 2.75) is 24.5 Å². The van der Waals surface area contributed by atoms with Gasteiger partial charge in [0, 0.05) is 0 Å². The Morgan fingerprint density at radius 2 is 2.20 bits per heavy atom. The average Bonchev–Trinajstić information content (AvgIpc) is 2.90. The minimum absolute atomic E-state index is 0.168. The SMILES string of the molecule is COC(=O)C1CCCC1S(=O)(=O)Nc1ccc(F)nc1. The van der Waals surface area contributed by atoms with E-state index in [0.29, 0.717) is 19.3 Å². The van der Waals surface area contributed by atoms with Gasteiger partial charge in [-0.3, -0.25) is 9.52 Å². The molecule has 6 nitrogen and oxygen atoms in total. The summed E-state index contributed by atoms with van der Waals surface area (Å²) in [5.74, 6) is -1.87. The van der Waals surface area contributed by atoms with E-state index < -0.39 is 33.1 Å². The number of carbonyl (C=O) groups is 1. The smallest absolute Gasteiger partial charge is 0.310 e. The highest BCUT2D eigenvalue weighted by atomic mass is 32.2. The molecule has 1 aromatic heterocycles. The lowest BCUT2D eigenvalue weighted by molar-refractivity contribution is -0.145. The number of hydrogen-bond acceptors (Lipinski definition) is 5. The number of aromatic nitrogens is 1. The summed E-state index contributed by atoms with van der Waals surface area (Å²) in [6.45, 7) is 0. The molecule has 1 aliphatic carbocycles. The van der Waals surface area contributed by atoms with Crippen molar-refractivity contribution in [3.05, 3.63) is 24.3 Å². The number of pyridine rings is 1. The first-order valence-electron chi connectivity index (χ1n) is 6.15. The molecule has 1 heterocycles. The summed E-state index contributed by atoms with van der Waals surface area (Å²) in [6.07, 6.45) is 2.62. The van der Waals surface area contributed by atoms with Crippen LogP contribution in [-0.4, -0.2) is 31.7 Å². The molecule has 0 saturated heterocycles. The van der Waals surface area contributed by atoms with Crippen LogP contribution in [0.3, 0.4) is 0 Å².